The van der Waals surface area contributed by atoms with Gasteiger partial charge in [0.1, 0.15) is 12.1 Å². The number of amides is 1. The Morgan fingerprint density at radius 1 is 1.25 bits per heavy atom. The molecule has 2 aromatic carbocycles. The van der Waals surface area contributed by atoms with Crippen LogP contribution in [-0.4, -0.2) is 38.0 Å². The van der Waals surface area contributed by atoms with E-state index in [0.717, 1.165) is 5.69 Å². The summed E-state index contributed by atoms with van der Waals surface area (Å²) in [5.74, 6) is 0.403. The summed E-state index contributed by atoms with van der Waals surface area (Å²) in [6, 6.07) is 13.1. The lowest BCUT2D eigenvalue weighted by Crippen LogP contribution is -2.22. The number of rotatable bonds is 7. The number of nitrogens with one attached hydrogen (secondary N) is 1. The summed E-state index contributed by atoms with van der Waals surface area (Å²) >= 11 is 1.24. The number of nitro benzene ring substituents is 1. The first kappa shape index (κ1) is 19.4. The van der Waals surface area contributed by atoms with E-state index in [9.17, 15) is 14.9 Å². The Bertz CT molecular complexity index is 990. The van der Waals surface area contributed by atoms with Crippen LogP contribution in [0.4, 0.5) is 11.4 Å². The topological polar surface area (TPSA) is 112 Å². The highest BCUT2D eigenvalue weighted by Gasteiger charge is 2.20. The van der Waals surface area contributed by atoms with Crippen LogP contribution in [0.25, 0.3) is 5.69 Å². The fourth-order valence-corrected chi connectivity index (χ4v) is 3.26. The van der Waals surface area contributed by atoms with Crippen LogP contribution in [0.3, 0.4) is 0 Å². The number of non-ortho nitro benzene ring substituents is 1. The molecule has 28 heavy (non-hydrogen) atoms. The highest BCUT2D eigenvalue weighted by Crippen LogP contribution is 2.29. The van der Waals surface area contributed by atoms with Gasteiger partial charge >= 0.3 is 0 Å². The van der Waals surface area contributed by atoms with Crippen molar-refractivity contribution in [3.63, 3.8) is 0 Å². The lowest BCUT2D eigenvalue weighted by Gasteiger charge is -2.14. The highest BCUT2D eigenvalue weighted by atomic mass is 32.2. The van der Waals surface area contributed by atoms with E-state index in [2.05, 4.69) is 15.5 Å². The van der Waals surface area contributed by atoms with Crippen LogP contribution in [0.1, 0.15) is 6.92 Å². The first-order valence-electron chi connectivity index (χ1n) is 8.25. The van der Waals surface area contributed by atoms with Gasteiger partial charge in [-0.25, -0.2) is 0 Å². The summed E-state index contributed by atoms with van der Waals surface area (Å²) < 4.78 is 7.12. The molecular weight excluding hydrogens is 382 g/mol. The molecular formula is C18H17N5O4S. The molecule has 10 heteroatoms. The second-order valence-electron chi connectivity index (χ2n) is 5.71. The van der Waals surface area contributed by atoms with Crippen LogP contribution < -0.4 is 10.1 Å². The van der Waals surface area contributed by atoms with Crippen LogP contribution in [0.2, 0.25) is 0 Å². The Balaban J connectivity index is 1.71. The Morgan fingerprint density at radius 2 is 1.96 bits per heavy atom. The molecule has 1 N–H and O–H groups in total. The molecule has 0 aliphatic rings. The van der Waals surface area contributed by atoms with E-state index < -0.39 is 10.2 Å². The minimum absolute atomic E-state index is 0.0367. The average molecular weight is 399 g/mol. The number of carbonyl (C=O) groups is 1. The third-order valence-corrected chi connectivity index (χ3v) is 4.92. The quantitative estimate of drug-likeness (QED) is 0.368. The average Bonchev–Trinajstić information content (AvgIpc) is 3.16. The Kier molecular flexibility index (Phi) is 5.90. The van der Waals surface area contributed by atoms with Crippen molar-refractivity contribution >= 4 is 29.0 Å². The number of methoxy groups -OCH3 is 1. The second-order valence-corrected chi connectivity index (χ2v) is 7.02. The van der Waals surface area contributed by atoms with E-state index in [1.807, 2.05) is 24.3 Å². The number of anilines is 1. The van der Waals surface area contributed by atoms with E-state index in [1.54, 1.807) is 24.9 Å². The molecule has 0 aliphatic heterocycles. The molecule has 1 aromatic heterocycles. The summed E-state index contributed by atoms with van der Waals surface area (Å²) in [6.45, 7) is 1.74. The van der Waals surface area contributed by atoms with Gasteiger partial charge < -0.3 is 10.1 Å². The number of hydrogen-bond donors (Lipinski definition) is 1. The minimum Gasteiger partial charge on any atom is -0.495 e. The normalized spacial score (nSPS) is 11.6. The van der Waals surface area contributed by atoms with Crippen molar-refractivity contribution < 1.29 is 14.5 Å². The van der Waals surface area contributed by atoms with Crippen molar-refractivity contribution in [2.75, 3.05) is 12.4 Å². The zero-order valence-electron chi connectivity index (χ0n) is 15.1. The second kappa shape index (κ2) is 8.53. The van der Waals surface area contributed by atoms with Gasteiger partial charge in [0.15, 0.2) is 5.16 Å². The number of benzene rings is 2. The third-order valence-electron chi connectivity index (χ3n) is 3.86. The smallest absolute Gasteiger partial charge is 0.269 e. The van der Waals surface area contributed by atoms with E-state index >= 15 is 0 Å². The van der Waals surface area contributed by atoms with Gasteiger partial charge in [0.25, 0.3) is 5.69 Å². The Hall–Kier alpha value is -3.40. The largest absolute Gasteiger partial charge is 0.495 e. The molecule has 1 heterocycles. The van der Waals surface area contributed by atoms with Gasteiger partial charge in [0, 0.05) is 17.8 Å². The molecule has 0 fully saturated rings. The predicted octanol–water partition coefficient (Wildman–Crippen LogP) is 3.30. The molecule has 0 radical (unpaired) electrons. The van der Waals surface area contributed by atoms with Crippen LogP contribution >= 0.6 is 11.8 Å². The van der Waals surface area contributed by atoms with E-state index in [1.165, 1.54) is 36.0 Å². The van der Waals surface area contributed by atoms with Crippen molar-refractivity contribution in [1.29, 1.82) is 0 Å². The standard InChI is InChI=1S/C18H17N5O4S/c1-12(17(24)20-13-7-9-14(10-8-13)23(25)26)28-18-21-19-11-22(18)15-5-3-4-6-16(15)27-2/h3-12H,1-2H3,(H,20,24). The molecule has 1 amide bonds. The fourth-order valence-electron chi connectivity index (χ4n) is 2.42. The van der Waals surface area contributed by atoms with Gasteiger partial charge in [-0.2, -0.15) is 0 Å². The maximum absolute atomic E-state index is 12.5. The number of para-hydroxylation sites is 2. The molecule has 0 spiro atoms. The molecule has 1 unspecified atom stereocenters. The minimum atomic E-state index is -0.491. The highest BCUT2D eigenvalue weighted by molar-refractivity contribution is 8.00. The van der Waals surface area contributed by atoms with Gasteiger partial charge in [-0.3, -0.25) is 19.5 Å². The zero-order chi connectivity index (χ0) is 20.1. The van der Waals surface area contributed by atoms with Gasteiger partial charge in [0.2, 0.25) is 5.91 Å². The molecule has 0 saturated heterocycles. The molecule has 3 rings (SSSR count). The van der Waals surface area contributed by atoms with Crippen LogP contribution in [0.15, 0.2) is 60.0 Å². The van der Waals surface area contributed by atoms with Crippen molar-refractivity contribution in [1.82, 2.24) is 14.8 Å². The lowest BCUT2D eigenvalue weighted by molar-refractivity contribution is -0.384. The SMILES string of the molecule is COc1ccccc1-n1cnnc1SC(C)C(=O)Nc1ccc([N+](=O)[O-])cc1. The Labute approximate surface area is 164 Å². The van der Waals surface area contributed by atoms with E-state index in [4.69, 9.17) is 4.74 Å². The summed E-state index contributed by atoms with van der Waals surface area (Å²) in [5, 5.41) is 21.5. The monoisotopic (exact) mass is 399 g/mol. The molecule has 1 atom stereocenters. The van der Waals surface area contributed by atoms with Crippen LogP contribution in [0, 0.1) is 10.1 Å². The molecule has 0 saturated carbocycles. The zero-order valence-corrected chi connectivity index (χ0v) is 15.9. The van der Waals surface area contributed by atoms with E-state index in [-0.39, 0.29) is 11.6 Å². The molecule has 9 nitrogen and oxygen atoms in total. The molecule has 0 aliphatic carbocycles. The number of ether oxygens (including phenoxy) is 1. The first-order chi connectivity index (χ1) is 13.5. The number of nitro groups is 1. The number of aromatic nitrogens is 3. The Morgan fingerprint density at radius 3 is 2.64 bits per heavy atom. The molecule has 0 bridgehead atoms. The van der Waals surface area contributed by atoms with Crippen molar-refractivity contribution in [3.8, 4) is 11.4 Å². The molecule has 144 valence electrons. The van der Waals surface area contributed by atoms with Crippen molar-refractivity contribution in [2.45, 2.75) is 17.3 Å². The van der Waals surface area contributed by atoms with Gasteiger partial charge in [-0.15, -0.1) is 10.2 Å². The first-order valence-corrected chi connectivity index (χ1v) is 9.13. The molecule has 3 aromatic rings. The summed E-state index contributed by atoms with van der Waals surface area (Å²) in [6.07, 6.45) is 1.56. The van der Waals surface area contributed by atoms with Gasteiger partial charge in [-0.1, -0.05) is 23.9 Å². The lowest BCUT2D eigenvalue weighted by atomic mass is 10.3. The van der Waals surface area contributed by atoms with Gasteiger partial charge in [-0.05, 0) is 31.2 Å². The number of nitrogens with zero attached hydrogens (tertiary/aromatic N) is 4. The van der Waals surface area contributed by atoms with E-state index in [0.29, 0.717) is 16.6 Å². The number of thioether (sulfide) groups is 1. The maximum Gasteiger partial charge on any atom is 0.269 e. The summed E-state index contributed by atoms with van der Waals surface area (Å²) in [5.41, 5.74) is 1.21. The summed E-state index contributed by atoms with van der Waals surface area (Å²) in [7, 11) is 1.58. The third kappa shape index (κ3) is 4.29. The fraction of sp³-hybridized carbons (Fsp3) is 0.167. The maximum atomic E-state index is 12.5. The van der Waals surface area contributed by atoms with Crippen LogP contribution in [0.5, 0.6) is 5.75 Å². The van der Waals surface area contributed by atoms with Gasteiger partial charge in [0.05, 0.1) is 23.0 Å². The van der Waals surface area contributed by atoms with Crippen LogP contribution in [-0.2, 0) is 4.79 Å². The predicted molar refractivity (Wildman–Crippen MR) is 105 cm³/mol. The van der Waals surface area contributed by atoms with Crippen molar-refractivity contribution in [3.05, 3.63) is 65.0 Å². The number of carbonyl (C=O) groups excluding carboxylic acids is 1. The number of hydrogen-bond acceptors (Lipinski definition) is 7. The van der Waals surface area contributed by atoms with Crippen molar-refractivity contribution in [2.24, 2.45) is 0 Å². The summed E-state index contributed by atoms with van der Waals surface area (Å²) in [4.78, 5) is 22.7.